The lowest BCUT2D eigenvalue weighted by molar-refractivity contribution is -0.243. The Kier molecular flexibility index (Phi) is 10.3. The number of hydrogen-bond donors (Lipinski definition) is 0. The van der Waals surface area contributed by atoms with E-state index in [4.69, 9.17) is 28.4 Å². The molecule has 14 atom stereocenters. The predicted octanol–water partition coefficient (Wildman–Crippen LogP) is 6.65. The van der Waals surface area contributed by atoms with Crippen molar-refractivity contribution in [3.63, 3.8) is 0 Å². The maximum atomic E-state index is 15.4. The lowest BCUT2D eigenvalue weighted by Crippen LogP contribution is -2.66. The van der Waals surface area contributed by atoms with Crippen LogP contribution in [0.1, 0.15) is 145 Å². The average molecular weight is 905 g/mol. The molecular weight excluding hydrogens is 837 g/mol. The van der Waals surface area contributed by atoms with Crippen molar-refractivity contribution in [1.82, 2.24) is 0 Å². The van der Waals surface area contributed by atoms with E-state index in [0.717, 1.165) is 19.3 Å². The molecule has 2 heterocycles. The summed E-state index contributed by atoms with van der Waals surface area (Å²) in [6.45, 7) is 14.8. The van der Waals surface area contributed by atoms with Crippen molar-refractivity contribution in [2.75, 3.05) is 6.61 Å². The molecule has 14 unspecified atom stereocenters. The lowest BCUT2D eigenvalue weighted by atomic mass is 9.42. The SMILES string of the molecule is CC1C(=O)OC(=O)C1C(CC(CC1C(C)C2CC1C1COC(=O)C21)C(=O)OC12CC3CC(C1)C(=O)C(C3)C2)C(=O)OC12CC3CC(C(=O)OC(C)(C)C)(C1)CC(C(=O)OC(C)(C)C)(C3)C2. The summed E-state index contributed by atoms with van der Waals surface area (Å²) in [5.74, 6) is -8.29. The van der Waals surface area contributed by atoms with E-state index in [2.05, 4.69) is 6.92 Å². The minimum atomic E-state index is -1.32. The van der Waals surface area contributed by atoms with Crippen molar-refractivity contribution in [1.29, 1.82) is 0 Å². The number of ketones is 1. The van der Waals surface area contributed by atoms with E-state index < -0.39 is 92.7 Å². The summed E-state index contributed by atoms with van der Waals surface area (Å²) >= 11 is 0. The van der Waals surface area contributed by atoms with Gasteiger partial charge in [-0.2, -0.15) is 0 Å². The molecule has 2 saturated heterocycles. The van der Waals surface area contributed by atoms with Crippen LogP contribution >= 0.6 is 0 Å². The Morgan fingerprint density at radius 2 is 1.25 bits per heavy atom. The van der Waals surface area contributed by atoms with Gasteiger partial charge in [-0.3, -0.25) is 38.4 Å². The molecule has 0 radical (unpaired) electrons. The van der Waals surface area contributed by atoms with Crippen LogP contribution in [0.2, 0.25) is 0 Å². The minimum Gasteiger partial charge on any atom is -0.465 e. The molecule has 0 aromatic heterocycles. The number of rotatable bonds is 11. The molecule has 0 spiro atoms. The number of hydrogen-bond acceptors (Lipinski definition) is 14. The van der Waals surface area contributed by atoms with Crippen LogP contribution in [-0.2, 0) is 66.8 Å². The van der Waals surface area contributed by atoms with Crippen LogP contribution in [0.5, 0.6) is 0 Å². The number of ether oxygens (including phenoxy) is 6. The van der Waals surface area contributed by atoms with Crippen molar-refractivity contribution in [3.05, 3.63) is 0 Å². The Morgan fingerprint density at radius 3 is 1.82 bits per heavy atom. The maximum Gasteiger partial charge on any atom is 0.318 e. The number of carbonyl (C=O) groups excluding carboxylic acids is 8. The molecule has 10 bridgehead atoms. The van der Waals surface area contributed by atoms with E-state index in [1.165, 1.54) is 0 Å². The summed E-state index contributed by atoms with van der Waals surface area (Å²) in [4.78, 5) is 112. The van der Waals surface area contributed by atoms with Gasteiger partial charge in [0.05, 0.1) is 47.0 Å². The highest BCUT2D eigenvalue weighted by Crippen LogP contribution is 2.69. The standard InChI is InChI=1S/C51H68O14/c1-24-31(33-13-32(24)37-35(33)20-60-42(37)56)11-28(40(54)62-50-16-26-9-29(18-50)38(52)30(10-26)19-50)12-34(36-25(2)39(53)61-43(36)57)41(55)63-51-17-27-14-48(22-51,44(58)64-46(3,4)5)21-49(15-27,23-51)45(59)65-47(6,7)8/h24-37H,9-23H2,1-8H3. The van der Waals surface area contributed by atoms with Crippen molar-refractivity contribution in [2.45, 2.75) is 168 Å². The van der Waals surface area contributed by atoms with E-state index in [-0.39, 0.29) is 96.6 Å². The molecule has 356 valence electrons. The number of esters is 7. The topological polar surface area (TPSA) is 192 Å². The molecule has 65 heavy (non-hydrogen) atoms. The fourth-order valence-electron chi connectivity index (χ4n) is 16.7. The number of carbonyl (C=O) groups is 8. The number of Topliss-reactive ketones (excluding diaryl/α,β-unsaturated/α-hetero) is 1. The van der Waals surface area contributed by atoms with Crippen LogP contribution in [0.3, 0.4) is 0 Å². The Bertz CT molecular complexity index is 2050. The zero-order valence-corrected chi connectivity index (χ0v) is 39.4. The Hall–Kier alpha value is -3.84. The van der Waals surface area contributed by atoms with Gasteiger partial charge in [0.15, 0.2) is 0 Å². The van der Waals surface area contributed by atoms with Crippen LogP contribution in [0.15, 0.2) is 0 Å². The highest BCUT2D eigenvalue weighted by atomic mass is 16.6. The Labute approximate surface area is 381 Å². The van der Waals surface area contributed by atoms with E-state index in [1.54, 1.807) is 48.5 Å². The second-order valence-corrected chi connectivity index (χ2v) is 25.3. The molecule has 2 aliphatic heterocycles. The summed E-state index contributed by atoms with van der Waals surface area (Å²) in [6, 6.07) is 0. The van der Waals surface area contributed by atoms with Crippen LogP contribution < -0.4 is 0 Å². The van der Waals surface area contributed by atoms with Gasteiger partial charge in [0.2, 0.25) is 0 Å². The van der Waals surface area contributed by atoms with Crippen molar-refractivity contribution < 1.29 is 66.8 Å². The Balaban J connectivity index is 0.994. The zero-order chi connectivity index (χ0) is 46.6. The van der Waals surface area contributed by atoms with Gasteiger partial charge in [-0.1, -0.05) is 13.8 Å². The normalized spacial score (nSPS) is 45.0. The van der Waals surface area contributed by atoms with Gasteiger partial charge in [0.25, 0.3) is 0 Å². The molecule has 0 amide bonds. The fraction of sp³-hybridized carbons (Fsp3) is 0.843. The molecule has 10 saturated carbocycles. The van der Waals surface area contributed by atoms with Crippen LogP contribution in [0.25, 0.3) is 0 Å². The van der Waals surface area contributed by atoms with E-state index in [0.29, 0.717) is 51.6 Å². The van der Waals surface area contributed by atoms with Crippen molar-refractivity contribution in [2.24, 2.45) is 93.7 Å². The fourth-order valence-corrected chi connectivity index (χ4v) is 16.7. The average Bonchev–Trinajstić information content (AvgIpc) is 3.90. The third-order valence-electron chi connectivity index (χ3n) is 18.4. The predicted molar refractivity (Wildman–Crippen MR) is 226 cm³/mol. The first-order chi connectivity index (χ1) is 30.3. The third kappa shape index (κ3) is 7.46. The second kappa shape index (κ2) is 14.8. The van der Waals surface area contributed by atoms with E-state index in [9.17, 15) is 28.8 Å². The quantitative estimate of drug-likeness (QED) is 0.122. The summed E-state index contributed by atoms with van der Waals surface area (Å²) in [5.41, 5.74) is -6.07. The molecular formula is C51H68O14. The van der Waals surface area contributed by atoms with Crippen molar-refractivity contribution in [3.8, 4) is 0 Å². The smallest absolute Gasteiger partial charge is 0.318 e. The second-order valence-electron chi connectivity index (χ2n) is 25.3. The maximum absolute atomic E-state index is 15.4. The summed E-state index contributed by atoms with van der Waals surface area (Å²) in [7, 11) is 0. The van der Waals surface area contributed by atoms with Crippen molar-refractivity contribution >= 4 is 47.6 Å². The molecule has 10 aliphatic carbocycles. The van der Waals surface area contributed by atoms with Gasteiger partial charge in [-0.05, 0) is 154 Å². The Morgan fingerprint density at radius 1 is 0.662 bits per heavy atom. The van der Waals surface area contributed by atoms with Crippen LogP contribution in [0.4, 0.5) is 0 Å². The largest absolute Gasteiger partial charge is 0.465 e. The molecule has 0 aromatic carbocycles. The molecule has 12 rings (SSSR count). The van der Waals surface area contributed by atoms with Crippen LogP contribution in [0, 0.1) is 93.7 Å². The van der Waals surface area contributed by atoms with Gasteiger partial charge in [-0.25, -0.2) is 0 Å². The molecule has 14 nitrogen and oxygen atoms in total. The summed E-state index contributed by atoms with van der Waals surface area (Å²) in [6.07, 6.45) is 5.94. The van der Waals surface area contributed by atoms with Crippen LogP contribution in [-0.4, -0.2) is 76.6 Å². The van der Waals surface area contributed by atoms with Gasteiger partial charge >= 0.3 is 41.8 Å². The molecule has 14 heteroatoms. The number of fused-ring (bicyclic) bond motifs is 5. The summed E-state index contributed by atoms with van der Waals surface area (Å²) in [5, 5.41) is 0. The number of cyclic esters (lactones) is 3. The highest BCUT2D eigenvalue weighted by Gasteiger charge is 2.72. The first-order valence-electron chi connectivity index (χ1n) is 24.7. The monoisotopic (exact) mass is 904 g/mol. The lowest BCUT2D eigenvalue weighted by Gasteiger charge is -2.63. The van der Waals surface area contributed by atoms with Gasteiger partial charge in [0, 0.05) is 30.6 Å². The van der Waals surface area contributed by atoms with E-state index >= 15 is 9.59 Å². The zero-order valence-electron chi connectivity index (χ0n) is 39.4. The first-order valence-corrected chi connectivity index (χ1v) is 24.7. The van der Waals surface area contributed by atoms with Gasteiger partial charge in [-0.15, -0.1) is 0 Å². The third-order valence-corrected chi connectivity index (χ3v) is 18.4. The molecule has 12 aliphatic rings. The molecule has 0 N–H and O–H groups in total. The molecule has 12 fully saturated rings. The minimum absolute atomic E-state index is 0.0111. The first kappa shape index (κ1) is 45.0. The van der Waals surface area contributed by atoms with Gasteiger partial charge < -0.3 is 28.4 Å². The van der Waals surface area contributed by atoms with Gasteiger partial charge in [0.1, 0.15) is 28.2 Å². The van der Waals surface area contributed by atoms with E-state index in [1.807, 2.05) is 0 Å². The molecule has 0 aromatic rings. The summed E-state index contributed by atoms with van der Waals surface area (Å²) < 4.78 is 36.3. The highest BCUT2D eigenvalue weighted by molar-refractivity contribution is 5.99.